The van der Waals surface area contributed by atoms with Gasteiger partial charge in [-0.25, -0.2) is 15.0 Å². The topological polar surface area (TPSA) is 43.6 Å². The molecule has 0 aliphatic rings. The Morgan fingerprint density at radius 1 is 0.319 bits per heavy atom. The van der Waals surface area contributed by atoms with Crippen molar-refractivity contribution in [2.24, 2.45) is 0 Å². The Labute approximate surface area is 272 Å². The van der Waals surface area contributed by atoms with Crippen LogP contribution in [-0.2, 0) is 0 Å². The van der Waals surface area contributed by atoms with Crippen molar-refractivity contribution in [2.75, 3.05) is 0 Å². The molecule has 0 unspecified atom stereocenters. The summed E-state index contributed by atoms with van der Waals surface area (Å²) in [5.74, 6) is 1.93. The summed E-state index contributed by atoms with van der Waals surface area (Å²) in [6, 6.07) is 59.2. The van der Waals surface area contributed by atoms with Crippen molar-refractivity contribution in [3.8, 4) is 51.0 Å². The third kappa shape index (κ3) is 4.84. The second-order valence-electron chi connectivity index (χ2n) is 11.7. The number of nitrogens with zero attached hydrogens (tertiary/aromatic N) is 4. The van der Waals surface area contributed by atoms with E-state index < -0.39 is 0 Å². The number of para-hydroxylation sites is 1. The van der Waals surface area contributed by atoms with Gasteiger partial charge < -0.3 is 4.57 Å². The lowest BCUT2D eigenvalue weighted by Gasteiger charge is -2.11. The smallest absolute Gasteiger partial charge is 0.164 e. The molecule has 9 rings (SSSR count). The van der Waals surface area contributed by atoms with Crippen molar-refractivity contribution in [1.29, 1.82) is 0 Å². The summed E-state index contributed by atoms with van der Waals surface area (Å²) in [7, 11) is 0. The van der Waals surface area contributed by atoms with Crippen LogP contribution in [-0.4, -0.2) is 19.5 Å². The standard InChI is InChI=1S/C43H28N4/c1-3-12-29(13-4-1)32-18-11-19-35(26-32)43-45-41(30-14-5-2-6-15-30)44-42(46-43)31-22-24-36(25-23-31)47-39-21-10-9-20-37(39)38-27-33-16-7-8-17-34(33)28-40(38)47/h1-28H. The molecule has 0 amide bonds. The molecule has 0 aliphatic carbocycles. The average molecular weight is 601 g/mol. The molecule has 0 spiro atoms. The number of aromatic nitrogens is 4. The highest BCUT2D eigenvalue weighted by molar-refractivity contribution is 6.13. The molecule has 4 heteroatoms. The average Bonchev–Trinajstić information content (AvgIpc) is 3.47. The zero-order valence-corrected chi connectivity index (χ0v) is 25.5. The number of hydrogen-bond acceptors (Lipinski definition) is 3. The van der Waals surface area contributed by atoms with Crippen LogP contribution in [0.25, 0.3) is 83.6 Å². The van der Waals surface area contributed by atoms with Crippen LogP contribution >= 0.6 is 0 Å². The highest BCUT2D eigenvalue weighted by atomic mass is 15.0. The summed E-state index contributed by atoms with van der Waals surface area (Å²) in [5.41, 5.74) is 8.55. The van der Waals surface area contributed by atoms with Crippen LogP contribution in [0.1, 0.15) is 0 Å². The van der Waals surface area contributed by atoms with Crippen LogP contribution in [0.15, 0.2) is 170 Å². The molecule has 0 radical (unpaired) electrons. The van der Waals surface area contributed by atoms with E-state index in [0.717, 1.165) is 33.5 Å². The number of rotatable bonds is 5. The summed E-state index contributed by atoms with van der Waals surface area (Å²) in [5, 5.41) is 4.95. The zero-order chi connectivity index (χ0) is 31.2. The van der Waals surface area contributed by atoms with Gasteiger partial charge in [0.1, 0.15) is 0 Å². The summed E-state index contributed by atoms with van der Waals surface area (Å²) in [6.07, 6.45) is 0. The van der Waals surface area contributed by atoms with Gasteiger partial charge in [-0.1, -0.05) is 121 Å². The Bertz CT molecular complexity index is 2550. The van der Waals surface area contributed by atoms with E-state index in [1.54, 1.807) is 0 Å². The minimum Gasteiger partial charge on any atom is -0.309 e. The van der Waals surface area contributed by atoms with Crippen LogP contribution in [0, 0.1) is 0 Å². The molecule has 0 aliphatic heterocycles. The lowest BCUT2D eigenvalue weighted by atomic mass is 10.0. The number of hydrogen-bond donors (Lipinski definition) is 0. The van der Waals surface area contributed by atoms with Crippen LogP contribution in [0.4, 0.5) is 0 Å². The molecule has 47 heavy (non-hydrogen) atoms. The van der Waals surface area contributed by atoms with E-state index in [1.165, 1.54) is 32.6 Å². The van der Waals surface area contributed by atoms with Crippen molar-refractivity contribution < 1.29 is 0 Å². The van der Waals surface area contributed by atoms with Crippen LogP contribution in [0.5, 0.6) is 0 Å². The van der Waals surface area contributed by atoms with Crippen molar-refractivity contribution >= 4 is 32.6 Å². The van der Waals surface area contributed by atoms with Gasteiger partial charge in [-0.2, -0.15) is 0 Å². The molecule has 9 aromatic rings. The predicted molar refractivity (Wildman–Crippen MR) is 193 cm³/mol. The molecule has 0 bridgehead atoms. The maximum Gasteiger partial charge on any atom is 0.164 e. The molecule has 2 aromatic heterocycles. The monoisotopic (exact) mass is 600 g/mol. The molecule has 0 saturated heterocycles. The van der Waals surface area contributed by atoms with Gasteiger partial charge in [-0.05, 0) is 70.4 Å². The van der Waals surface area contributed by atoms with E-state index in [4.69, 9.17) is 15.0 Å². The molecule has 2 heterocycles. The molecule has 4 nitrogen and oxygen atoms in total. The Morgan fingerprint density at radius 2 is 0.851 bits per heavy atom. The molecule has 0 fully saturated rings. The summed E-state index contributed by atoms with van der Waals surface area (Å²) in [6.45, 7) is 0. The van der Waals surface area contributed by atoms with Crippen LogP contribution < -0.4 is 0 Å². The minimum absolute atomic E-state index is 0.638. The summed E-state index contributed by atoms with van der Waals surface area (Å²) in [4.78, 5) is 15.0. The van der Waals surface area contributed by atoms with E-state index in [-0.39, 0.29) is 0 Å². The van der Waals surface area contributed by atoms with Gasteiger partial charge in [-0.15, -0.1) is 0 Å². The summed E-state index contributed by atoms with van der Waals surface area (Å²) < 4.78 is 2.35. The lowest BCUT2D eigenvalue weighted by Crippen LogP contribution is -2.00. The third-order valence-electron chi connectivity index (χ3n) is 8.82. The summed E-state index contributed by atoms with van der Waals surface area (Å²) >= 11 is 0. The Balaban J connectivity index is 1.18. The maximum absolute atomic E-state index is 5.03. The Kier molecular flexibility index (Phi) is 6.43. The van der Waals surface area contributed by atoms with Crippen LogP contribution in [0.2, 0.25) is 0 Å². The second-order valence-corrected chi connectivity index (χ2v) is 11.7. The van der Waals surface area contributed by atoms with Gasteiger partial charge in [0.15, 0.2) is 17.5 Å². The molecular weight excluding hydrogens is 573 g/mol. The van der Waals surface area contributed by atoms with E-state index in [9.17, 15) is 0 Å². The highest BCUT2D eigenvalue weighted by Gasteiger charge is 2.16. The Morgan fingerprint density at radius 3 is 1.57 bits per heavy atom. The quantitative estimate of drug-likeness (QED) is 0.197. The molecule has 0 N–H and O–H groups in total. The van der Waals surface area contributed by atoms with Gasteiger partial charge in [0.25, 0.3) is 0 Å². The largest absolute Gasteiger partial charge is 0.309 e. The molecule has 0 atom stereocenters. The minimum atomic E-state index is 0.638. The van der Waals surface area contributed by atoms with E-state index in [0.29, 0.717) is 17.5 Å². The van der Waals surface area contributed by atoms with E-state index >= 15 is 0 Å². The second kappa shape index (κ2) is 11.2. The van der Waals surface area contributed by atoms with E-state index in [1.807, 2.05) is 36.4 Å². The van der Waals surface area contributed by atoms with Crippen molar-refractivity contribution in [1.82, 2.24) is 19.5 Å². The normalized spacial score (nSPS) is 11.4. The first-order valence-corrected chi connectivity index (χ1v) is 15.8. The van der Waals surface area contributed by atoms with Crippen LogP contribution in [0.3, 0.4) is 0 Å². The molecule has 0 saturated carbocycles. The SMILES string of the molecule is c1ccc(-c2cccc(-c3nc(-c4ccccc4)nc(-c4ccc(-n5c6ccccc6c6cc7ccccc7cc65)cc4)n3)c2)cc1. The van der Waals surface area contributed by atoms with Crippen molar-refractivity contribution in [3.05, 3.63) is 170 Å². The van der Waals surface area contributed by atoms with Gasteiger partial charge in [0.05, 0.1) is 11.0 Å². The first-order valence-electron chi connectivity index (χ1n) is 15.8. The molecule has 220 valence electrons. The third-order valence-corrected chi connectivity index (χ3v) is 8.82. The lowest BCUT2D eigenvalue weighted by molar-refractivity contribution is 1.07. The van der Waals surface area contributed by atoms with Gasteiger partial charge in [-0.3, -0.25) is 0 Å². The first-order chi connectivity index (χ1) is 23.3. The van der Waals surface area contributed by atoms with Gasteiger partial charge in [0.2, 0.25) is 0 Å². The fraction of sp³-hybridized carbons (Fsp3) is 0. The zero-order valence-electron chi connectivity index (χ0n) is 25.5. The van der Waals surface area contributed by atoms with E-state index in [2.05, 4.69) is 138 Å². The number of fused-ring (bicyclic) bond motifs is 4. The van der Waals surface area contributed by atoms with Gasteiger partial charge in [0, 0.05) is 33.2 Å². The number of benzene rings is 7. The van der Waals surface area contributed by atoms with Crippen molar-refractivity contribution in [2.45, 2.75) is 0 Å². The van der Waals surface area contributed by atoms with Crippen molar-refractivity contribution in [3.63, 3.8) is 0 Å². The fourth-order valence-corrected chi connectivity index (χ4v) is 6.51. The maximum atomic E-state index is 5.03. The van der Waals surface area contributed by atoms with Gasteiger partial charge >= 0.3 is 0 Å². The molecular formula is C43H28N4. The Hall–Kier alpha value is -6.39. The highest BCUT2D eigenvalue weighted by Crippen LogP contribution is 2.35. The molecule has 7 aromatic carbocycles. The fourth-order valence-electron chi connectivity index (χ4n) is 6.51. The predicted octanol–water partition coefficient (Wildman–Crippen LogP) is 10.8. The first kappa shape index (κ1) is 27.0.